The summed E-state index contributed by atoms with van der Waals surface area (Å²) in [6, 6.07) is 7.53. The lowest BCUT2D eigenvalue weighted by molar-refractivity contribution is 1.17. The summed E-state index contributed by atoms with van der Waals surface area (Å²) in [5.74, 6) is 0. The number of hydrogen-bond acceptors (Lipinski definition) is 2. The standard InChI is InChI=1S/C11H10ClNOS/c1-2-9-10(13-11(14)15-9)7-5-3-4-6-8(7)12/h3-6H,2H2,1H3,(H,13,14). The van der Waals surface area contributed by atoms with Crippen LogP contribution in [-0.4, -0.2) is 4.98 Å². The molecular weight excluding hydrogens is 230 g/mol. The molecule has 1 aromatic heterocycles. The second-order valence-corrected chi connectivity index (χ2v) is 4.62. The minimum absolute atomic E-state index is 0.0261. The molecule has 0 saturated carbocycles. The fourth-order valence-electron chi connectivity index (χ4n) is 1.49. The van der Waals surface area contributed by atoms with Crippen molar-refractivity contribution in [1.29, 1.82) is 0 Å². The van der Waals surface area contributed by atoms with Gasteiger partial charge in [0.15, 0.2) is 0 Å². The highest BCUT2D eigenvalue weighted by Gasteiger charge is 2.10. The average Bonchev–Trinajstić information content (AvgIpc) is 2.60. The third-order valence-electron chi connectivity index (χ3n) is 2.19. The number of H-pyrrole nitrogens is 1. The van der Waals surface area contributed by atoms with E-state index in [1.54, 1.807) is 0 Å². The van der Waals surface area contributed by atoms with Gasteiger partial charge in [0.25, 0.3) is 0 Å². The third-order valence-corrected chi connectivity index (χ3v) is 3.54. The molecule has 4 heteroatoms. The van der Waals surface area contributed by atoms with E-state index in [1.807, 2.05) is 31.2 Å². The molecule has 78 valence electrons. The average molecular weight is 240 g/mol. The molecule has 0 aliphatic rings. The second kappa shape index (κ2) is 4.21. The highest BCUT2D eigenvalue weighted by atomic mass is 35.5. The van der Waals surface area contributed by atoms with E-state index in [4.69, 9.17) is 11.6 Å². The van der Waals surface area contributed by atoms with Crippen molar-refractivity contribution in [3.63, 3.8) is 0 Å². The molecule has 1 heterocycles. The Kier molecular flexibility index (Phi) is 2.93. The minimum Gasteiger partial charge on any atom is -0.312 e. The first kappa shape index (κ1) is 10.5. The van der Waals surface area contributed by atoms with E-state index in [1.165, 1.54) is 11.3 Å². The maximum Gasteiger partial charge on any atom is 0.305 e. The molecule has 2 nitrogen and oxygen atoms in total. The quantitative estimate of drug-likeness (QED) is 0.857. The summed E-state index contributed by atoms with van der Waals surface area (Å²) in [5.41, 5.74) is 1.76. The van der Waals surface area contributed by atoms with Gasteiger partial charge < -0.3 is 4.98 Å². The summed E-state index contributed by atoms with van der Waals surface area (Å²) < 4.78 is 0. The van der Waals surface area contributed by atoms with Crippen molar-refractivity contribution < 1.29 is 0 Å². The van der Waals surface area contributed by atoms with Crippen LogP contribution < -0.4 is 4.87 Å². The van der Waals surface area contributed by atoms with Crippen LogP contribution in [0.15, 0.2) is 29.1 Å². The van der Waals surface area contributed by atoms with E-state index >= 15 is 0 Å². The molecule has 0 unspecified atom stereocenters. The van der Waals surface area contributed by atoms with Crippen LogP contribution in [0.5, 0.6) is 0 Å². The molecule has 0 radical (unpaired) electrons. The lowest BCUT2D eigenvalue weighted by Gasteiger charge is -2.02. The Bertz CT molecular complexity index is 529. The molecule has 0 aliphatic heterocycles. The van der Waals surface area contributed by atoms with E-state index in [9.17, 15) is 4.79 Å². The summed E-state index contributed by atoms with van der Waals surface area (Å²) in [4.78, 5) is 15.1. The monoisotopic (exact) mass is 239 g/mol. The number of aromatic nitrogens is 1. The molecule has 2 rings (SSSR count). The number of aromatic amines is 1. The van der Waals surface area contributed by atoms with E-state index in [0.717, 1.165) is 22.6 Å². The number of rotatable bonds is 2. The number of halogens is 1. The molecule has 1 N–H and O–H groups in total. The van der Waals surface area contributed by atoms with Crippen LogP contribution in [0.4, 0.5) is 0 Å². The van der Waals surface area contributed by atoms with Crippen LogP contribution in [0, 0.1) is 0 Å². The number of aryl methyl sites for hydroxylation is 1. The lowest BCUT2D eigenvalue weighted by atomic mass is 10.1. The fraction of sp³-hybridized carbons (Fsp3) is 0.182. The van der Waals surface area contributed by atoms with Crippen molar-refractivity contribution in [3.8, 4) is 11.3 Å². The van der Waals surface area contributed by atoms with E-state index < -0.39 is 0 Å². The Balaban J connectivity index is 2.63. The van der Waals surface area contributed by atoms with Gasteiger partial charge in [0.1, 0.15) is 0 Å². The van der Waals surface area contributed by atoms with Gasteiger partial charge >= 0.3 is 4.87 Å². The molecule has 1 aromatic carbocycles. The van der Waals surface area contributed by atoms with E-state index in [-0.39, 0.29) is 4.87 Å². The molecule has 0 saturated heterocycles. The Morgan fingerprint density at radius 1 is 1.40 bits per heavy atom. The van der Waals surface area contributed by atoms with Crippen molar-refractivity contribution in [2.24, 2.45) is 0 Å². The number of nitrogens with one attached hydrogen (secondary N) is 1. The van der Waals surface area contributed by atoms with Gasteiger partial charge in [0.2, 0.25) is 0 Å². The SMILES string of the molecule is CCc1sc(=O)[nH]c1-c1ccccc1Cl. The smallest absolute Gasteiger partial charge is 0.305 e. The van der Waals surface area contributed by atoms with Gasteiger partial charge in [-0.05, 0) is 12.5 Å². The normalized spacial score (nSPS) is 10.5. The first-order chi connectivity index (χ1) is 7.22. The topological polar surface area (TPSA) is 32.9 Å². The van der Waals surface area contributed by atoms with Crippen LogP contribution >= 0.6 is 22.9 Å². The second-order valence-electron chi connectivity index (χ2n) is 3.15. The summed E-state index contributed by atoms with van der Waals surface area (Å²) >= 11 is 7.33. The van der Waals surface area contributed by atoms with Crippen LogP contribution in [0.1, 0.15) is 11.8 Å². The summed E-state index contributed by atoms with van der Waals surface area (Å²) in [5, 5.41) is 0.668. The van der Waals surface area contributed by atoms with Gasteiger partial charge in [0.05, 0.1) is 5.69 Å². The minimum atomic E-state index is -0.0261. The van der Waals surface area contributed by atoms with Gasteiger partial charge in [-0.2, -0.15) is 0 Å². The molecule has 0 fully saturated rings. The molecule has 0 spiro atoms. The van der Waals surface area contributed by atoms with Crippen LogP contribution in [0.3, 0.4) is 0 Å². The van der Waals surface area contributed by atoms with Crippen molar-refractivity contribution in [2.75, 3.05) is 0 Å². The molecule has 0 bridgehead atoms. The Morgan fingerprint density at radius 3 is 2.80 bits per heavy atom. The Morgan fingerprint density at radius 2 is 2.13 bits per heavy atom. The Hall–Kier alpha value is -1.06. The van der Waals surface area contributed by atoms with Crippen molar-refractivity contribution >= 4 is 22.9 Å². The third kappa shape index (κ3) is 1.98. The van der Waals surface area contributed by atoms with Crippen LogP contribution in [0.25, 0.3) is 11.3 Å². The zero-order valence-electron chi connectivity index (χ0n) is 8.21. The first-order valence-corrected chi connectivity index (χ1v) is 5.88. The molecule has 0 atom stereocenters. The van der Waals surface area contributed by atoms with Gasteiger partial charge in [0, 0.05) is 15.5 Å². The molecule has 0 aliphatic carbocycles. The van der Waals surface area contributed by atoms with E-state index in [0.29, 0.717) is 5.02 Å². The van der Waals surface area contributed by atoms with Crippen molar-refractivity contribution in [1.82, 2.24) is 4.98 Å². The molecule has 2 aromatic rings. The largest absolute Gasteiger partial charge is 0.312 e. The van der Waals surface area contributed by atoms with Crippen LogP contribution in [-0.2, 0) is 6.42 Å². The highest BCUT2D eigenvalue weighted by Crippen LogP contribution is 2.29. The van der Waals surface area contributed by atoms with Gasteiger partial charge in [-0.15, -0.1) is 0 Å². The molecular formula is C11H10ClNOS. The van der Waals surface area contributed by atoms with Gasteiger partial charge in [-0.3, -0.25) is 4.79 Å². The zero-order valence-corrected chi connectivity index (χ0v) is 9.78. The molecule has 0 amide bonds. The predicted molar refractivity (Wildman–Crippen MR) is 64.8 cm³/mol. The number of thiazole rings is 1. The fourth-order valence-corrected chi connectivity index (χ4v) is 2.51. The van der Waals surface area contributed by atoms with Crippen molar-refractivity contribution in [3.05, 3.63) is 43.8 Å². The van der Waals surface area contributed by atoms with Gasteiger partial charge in [-0.25, -0.2) is 0 Å². The van der Waals surface area contributed by atoms with E-state index in [2.05, 4.69) is 4.98 Å². The highest BCUT2D eigenvalue weighted by molar-refractivity contribution is 7.09. The van der Waals surface area contributed by atoms with Crippen LogP contribution in [0.2, 0.25) is 5.02 Å². The maximum absolute atomic E-state index is 11.3. The maximum atomic E-state index is 11.3. The predicted octanol–water partition coefficient (Wildman–Crippen LogP) is 3.32. The van der Waals surface area contributed by atoms with Crippen molar-refractivity contribution in [2.45, 2.75) is 13.3 Å². The summed E-state index contributed by atoms with van der Waals surface area (Å²) in [7, 11) is 0. The summed E-state index contributed by atoms with van der Waals surface area (Å²) in [6.07, 6.45) is 0.837. The first-order valence-electron chi connectivity index (χ1n) is 4.69. The zero-order chi connectivity index (χ0) is 10.8. The lowest BCUT2D eigenvalue weighted by Crippen LogP contribution is -1.92. The summed E-state index contributed by atoms with van der Waals surface area (Å²) in [6.45, 7) is 2.03. The number of hydrogen-bond donors (Lipinski definition) is 1. The Labute approximate surface area is 96.5 Å². The van der Waals surface area contributed by atoms with Gasteiger partial charge in [-0.1, -0.05) is 48.1 Å². The number of benzene rings is 1. The molecule has 15 heavy (non-hydrogen) atoms.